The highest BCUT2D eigenvalue weighted by Gasteiger charge is 2.17. The van der Waals surface area contributed by atoms with E-state index in [2.05, 4.69) is 55.3 Å². The van der Waals surface area contributed by atoms with Gasteiger partial charge in [-0.1, -0.05) is 13.3 Å². The lowest BCUT2D eigenvalue weighted by atomic mass is 10.1. The first-order valence-electron chi connectivity index (χ1n) is 9.68. The van der Waals surface area contributed by atoms with Crippen molar-refractivity contribution >= 4 is 60.3 Å². The number of benzene rings is 2. The van der Waals surface area contributed by atoms with E-state index in [-0.39, 0.29) is 6.61 Å². The Balaban J connectivity index is 1.81. The molecule has 0 bridgehead atoms. The third-order valence-corrected chi connectivity index (χ3v) is 5.65. The molecular formula is C22H22Br2N2O4. The van der Waals surface area contributed by atoms with Crippen molar-refractivity contribution in [2.45, 2.75) is 33.1 Å². The van der Waals surface area contributed by atoms with Crippen LogP contribution in [0.5, 0.6) is 11.5 Å². The topological polar surface area (TPSA) is 80.4 Å². The van der Waals surface area contributed by atoms with E-state index in [0.29, 0.717) is 26.1 Å². The van der Waals surface area contributed by atoms with Crippen LogP contribution in [0.2, 0.25) is 0 Å². The maximum absolute atomic E-state index is 11.9. The van der Waals surface area contributed by atoms with E-state index in [1.165, 1.54) is 5.56 Å². The maximum atomic E-state index is 11.9. The van der Waals surface area contributed by atoms with Gasteiger partial charge in [-0.15, -0.1) is 0 Å². The van der Waals surface area contributed by atoms with Crippen LogP contribution >= 0.6 is 31.9 Å². The lowest BCUT2D eigenvalue weighted by Gasteiger charge is -2.13. The van der Waals surface area contributed by atoms with E-state index in [4.69, 9.17) is 9.47 Å². The van der Waals surface area contributed by atoms with Crippen LogP contribution in [0.1, 0.15) is 32.3 Å². The number of amides is 1. The molecule has 3 aromatic rings. The number of esters is 1. The number of anilines is 1. The van der Waals surface area contributed by atoms with Crippen LogP contribution in [-0.2, 0) is 20.7 Å². The average molecular weight is 538 g/mol. The van der Waals surface area contributed by atoms with Gasteiger partial charge in [0.2, 0.25) is 0 Å². The number of fused-ring (bicyclic) bond motifs is 1. The number of hydrogen-bond acceptors (Lipinski definition) is 4. The largest absolute Gasteiger partial charge is 0.459 e. The van der Waals surface area contributed by atoms with Gasteiger partial charge < -0.3 is 19.8 Å². The SMILES string of the molecule is CCCCc1c[nH]c2ccc(Oc3c(Br)cc(NC(=O)C(=O)OCC)cc3Br)cc12. The molecule has 2 aromatic carbocycles. The van der Waals surface area contributed by atoms with E-state index in [0.717, 1.165) is 30.2 Å². The molecule has 30 heavy (non-hydrogen) atoms. The molecular weight excluding hydrogens is 516 g/mol. The Kier molecular flexibility index (Phi) is 7.55. The molecule has 0 aliphatic carbocycles. The summed E-state index contributed by atoms with van der Waals surface area (Å²) in [4.78, 5) is 26.7. The number of unbranched alkanes of at least 4 members (excludes halogenated alkanes) is 1. The van der Waals surface area contributed by atoms with Crippen LogP contribution in [0.4, 0.5) is 5.69 Å². The van der Waals surface area contributed by atoms with Crippen LogP contribution < -0.4 is 10.1 Å². The lowest BCUT2D eigenvalue weighted by molar-refractivity contribution is -0.152. The fourth-order valence-corrected chi connectivity index (χ4v) is 4.37. The number of ether oxygens (including phenoxy) is 2. The first-order valence-corrected chi connectivity index (χ1v) is 11.3. The summed E-state index contributed by atoms with van der Waals surface area (Å²) < 4.78 is 12.1. The van der Waals surface area contributed by atoms with E-state index in [1.807, 2.05) is 18.2 Å². The third kappa shape index (κ3) is 5.23. The van der Waals surface area contributed by atoms with Gasteiger partial charge in [0, 0.05) is 22.8 Å². The molecule has 8 heteroatoms. The standard InChI is InChI=1S/C22H22Br2N2O4/c1-3-5-6-13-12-25-19-8-7-15(11-16(13)19)30-20-17(23)9-14(10-18(20)24)26-21(27)22(28)29-4-2/h7-12,25H,3-6H2,1-2H3,(H,26,27). The fraction of sp³-hybridized carbons (Fsp3) is 0.273. The minimum absolute atomic E-state index is 0.137. The van der Waals surface area contributed by atoms with Gasteiger partial charge in [-0.25, -0.2) is 4.79 Å². The number of H-pyrrole nitrogens is 1. The van der Waals surface area contributed by atoms with Gasteiger partial charge in [0.1, 0.15) is 5.75 Å². The number of carbonyl (C=O) groups excluding carboxylic acids is 2. The predicted octanol–water partition coefficient (Wildman–Crippen LogP) is 6.33. The molecule has 0 aliphatic heterocycles. The number of nitrogens with one attached hydrogen (secondary N) is 2. The van der Waals surface area contributed by atoms with Crippen LogP contribution in [-0.4, -0.2) is 23.5 Å². The number of aryl methyl sites for hydroxylation is 1. The molecule has 6 nitrogen and oxygen atoms in total. The number of aromatic amines is 1. The third-order valence-electron chi connectivity index (χ3n) is 4.48. The van der Waals surface area contributed by atoms with Crippen molar-refractivity contribution in [1.82, 2.24) is 4.98 Å². The zero-order valence-corrected chi connectivity index (χ0v) is 19.9. The first kappa shape index (κ1) is 22.4. The second kappa shape index (κ2) is 10.1. The second-order valence-electron chi connectivity index (χ2n) is 6.67. The highest BCUT2D eigenvalue weighted by atomic mass is 79.9. The number of aromatic nitrogens is 1. The van der Waals surface area contributed by atoms with E-state index < -0.39 is 11.9 Å². The lowest BCUT2D eigenvalue weighted by Crippen LogP contribution is -2.25. The van der Waals surface area contributed by atoms with Crippen LogP contribution in [0.3, 0.4) is 0 Å². The molecule has 0 saturated carbocycles. The molecule has 3 rings (SSSR count). The number of hydrogen-bond donors (Lipinski definition) is 2. The fourth-order valence-electron chi connectivity index (χ4n) is 3.02. The van der Waals surface area contributed by atoms with Crippen molar-refractivity contribution in [3.8, 4) is 11.5 Å². The highest BCUT2D eigenvalue weighted by molar-refractivity contribution is 9.11. The Bertz CT molecular complexity index is 1060. The van der Waals surface area contributed by atoms with Crippen molar-refractivity contribution in [3.05, 3.63) is 51.0 Å². The molecule has 1 heterocycles. The molecule has 1 amide bonds. The van der Waals surface area contributed by atoms with Crippen LogP contribution in [0.15, 0.2) is 45.5 Å². The predicted molar refractivity (Wildman–Crippen MR) is 124 cm³/mol. The smallest absolute Gasteiger partial charge is 0.397 e. The van der Waals surface area contributed by atoms with Crippen LogP contribution in [0.25, 0.3) is 10.9 Å². The highest BCUT2D eigenvalue weighted by Crippen LogP contribution is 2.40. The van der Waals surface area contributed by atoms with Gasteiger partial charge in [-0.2, -0.15) is 0 Å². The maximum Gasteiger partial charge on any atom is 0.397 e. The number of halogens is 2. The van der Waals surface area contributed by atoms with E-state index in [9.17, 15) is 9.59 Å². The number of rotatable bonds is 7. The van der Waals surface area contributed by atoms with Gasteiger partial charge in [0.05, 0.1) is 15.6 Å². The second-order valence-corrected chi connectivity index (χ2v) is 8.38. The molecule has 158 valence electrons. The normalized spacial score (nSPS) is 10.8. The van der Waals surface area contributed by atoms with Crippen molar-refractivity contribution < 1.29 is 19.1 Å². The van der Waals surface area contributed by atoms with E-state index >= 15 is 0 Å². The monoisotopic (exact) mass is 536 g/mol. The Morgan fingerprint density at radius 3 is 2.50 bits per heavy atom. The first-order chi connectivity index (χ1) is 14.4. The summed E-state index contributed by atoms with van der Waals surface area (Å²) in [5.74, 6) is -0.496. The van der Waals surface area contributed by atoms with Gasteiger partial charge in [0.25, 0.3) is 0 Å². The molecule has 0 fully saturated rings. The number of carbonyl (C=O) groups is 2. The minimum atomic E-state index is -0.927. The summed E-state index contributed by atoms with van der Waals surface area (Å²) in [6.07, 6.45) is 5.34. The van der Waals surface area contributed by atoms with Gasteiger partial charge in [0.15, 0.2) is 5.75 Å². The summed E-state index contributed by atoms with van der Waals surface area (Å²) >= 11 is 6.95. The van der Waals surface area contributed by atoms with Crippen molar-refractivity contribution in [2.75, 3.05) is 11.9 Å². The molecule has 0 unspecified atom stereocenters. The van der Waals surface area contributed by atoms with Gasteiger partial charge >= 0.3 is 11.9 Å². The van der Waals surface area contributed by atoms with E-state index in [1.54, 1.807) is 19.1 Å². The summed E-state index contributed by atoms with van der Waals surface area (Å²) in [5, 5.41) is 3.66. The molecule has 0 aliphatic rings. The zero-order chi connectivity index (χ0) is 21.7. The van der Waals surface area contributed by atoms with Crippen molar-refractivity contribution in [3.63, 3.8) is 0 Å². The van der Waals surface area contributed by atoms with Crippen LogP contribution in [0, 0.1) is 0 Å². The summed E-state index contributed by atoms with van der Waals surface area (Å²) in [7, 11) is 0. The van der Waals surface area contributed by atoms with Crippen molar-refractivity contribution in [2.24, 2.45) is 0 Å². The molecule has 0 saturated heterocycles. The molecule has 0 atom stereocenters. The van der Waals surface area contributed by atoms with Gasteiger partial charge in [-0.3, -0.25) is 4.79 Å². The Morgan fingerprint density at radius 1 is 1.10 bits per heavy atom. The Labute approximate surface area is 191 Å². The molecule has 1 aromatic heterocycles. The summed E-state index contributed by atoms with van der Waals surface area (Å²) in [6, 6.07) is 9.25. The summed E-state index contributed by atoms with van der Waals surface area (Å²) in [6.45, 7) is 3.96. The molecule has 2 N–H and O–H groups in total. The quantitative estimate of drug-likeness (QED) is 0.272. The Hall–Kier alpha value is -2.32. The average Bonchev–Trinajstić information content (AvgIpc) is 3.11. The van der Waals surface area contributed by atoms with Gasteiger partial charge in [-0.05, 0) is 87.5 Å². The van der Waals surface area contributed by atoms with Crippen molar-refractivity contribution in [1.29, 1.82) is 0 Å². The molecule has 0 spiro atoms. The zero-order valence-electron chi connectivity index (χ0n) is 16.7. The Morgan fingerprint density at radius 2 is 1.83 bits per heavy atom. The minimum Gasteiger partial charge on any atom is -0.459 e. The summed E-state index contributed by atoms with van der Waals surface area (Å²) in [5.41, 5.74) is 2.78. The molecule has 0 radical (unpaired) electrons.